The molecule has 0 spiro atoms. The molecule has 108 valence electrons. The van der Waals surface area contributed by atoms with E-state index < -0.39 is 0 Å². The van der Waals surface area contributed by atoms with Crippen LogP contribution in [0.1, 0.15) is 12.0 Å². The van der Waals surface area contributed by atoms with Gasteiger partial charge in [0.15, 0.2) is 0 Å². The number of amides is 1. The Morgan fingerprint density at radius 1 is 1.25 bits per heavy atom. The first-order valence-electron chi connectivity index (χ1n) is 7.26. The summed E-state index contributed by atoms with van der Waals surface area (Å²) < 4.78 is 13.3. The fourth-order valence-corrected chi connectivity index (χ4v) is 2.95. The summed E-state index contributed by atoms with van der Waals surface area (Å²) in [5.74, 6) is 0.000402. The molecule has 2 heterocycles. The molecule has 1 saturated heterocycles. The van der Waals surface area contributed by atoms with Gasteiger partial charge in [0, 0.05) is 51.4 Å². The number of hydrogen-bond donors (Lipinski definition) is 1. The van der Waals surface area contributed by atoms with Crippen LogP contribution < -0.4 is 10.2 Å². The highest BCUT2D eigenvalue weighted by Crippen LogP contribution is 2.28. The van der Waals surface area contributed by atoms with Crippen molar-refractivity contribution >= 4 is 11.6 Å². The van der Waals surface area contributed by atoms with E-state index in [4.69, 9.17) is 0 Å². The minimum atomic E-state index is -0.205. The summed E-state index contributed by atoms with van der Waals surface area (Å²) in [4.78, 5) is 16.2. The molecule has 4 nitrogen and oxygen atoms in total. The number of carbonyl (C=O) groups is 1. The van der Waals surface area contributed by atoms with Crippen molar-refractivity contribution in [2.45, 2.75) is 12.8 Å². The first kappa shape index (κ1) is 13.4. The zero-order valence-electron chi connectivity index (χ0n) is 11.6. The van der Waals surface area contributed by atoms with Crippen molar-refractivity contribution in [1.82, 2.24) is 10.2 Å². The molecular weight excluding hydrogens is 257 g/mol. The Kier molecular flexibility index (Phi) is 3.87. The van der Waals surface area contributed by atoms with Gasteiger partial charge < -0.3 is 15.1 Å². The molecule has 1 amide bonds. The van der Waals surface area contributed by atoms with Gasteiger partial charge in [0.05, 0.1) is 0 Å². The Balaban J connectivity index is 1.57. The van der Waals surface area contributed by atoms with Crippen LogP contribution in [-0.2, 0) is 11.2 Å². The van der Waals surface area contributed by atoms with Crippen molar-refractivity contribution in [3.05, 3.63) is 29.6 Å². The zero-order valence-corrected chi connectivity index (χ0v) is 11.6. The second-order valence-corrected chi connectivity index (χ2v) is 5.39. The number of benzene rings is 1. The fourth-order valence-electron chi connectivity index (χ4n) is 2.95. The maximum atomic E-state index is 13.3. The third kappa shape index (κ3) is 2.77. The third-order valence-corrected chi connectivity index (χ3v) is 4.10. The number of nitrogens with one attached hydrogen (secondary N) is 1. The van der Waals surface area contributed by atoms with E-state index in [-0.39, 0.29) is 11.7 Å². The number of nitrogens with zero attached hydrogens (tertiary/aromatic N) is 2. The van der Waals surface area contributed by atoms with E-state index in [1.54, 1.807) is 6.07 Å². The second kappa shape index (κ2) is 5.79. The van der Waals surface area contributed by atoms with Gasteiger partial charge in [0.25, 0.3) is 0 Å². The summed E-state index contributed by atoms with van der Waals surface area (Å²) in [5.41, 5.74) is 2.14. The Labute approximate surface area is 118 Å². The number of rotatable bonds is 3. The van der Waals surface area contributed by atoms with E-state index in [1.807, 2.05) is 11.0 Å². The molecule has 3 rings (SSSR count). The fraction of sp³-hybridized carbons (Fsp3) is 0.533. The second-order valence-electron chi connectivity index (χ2n) is 5.39. The van der Waals surface area contributed by atoms with Crippen molar-refractivity contribution in [2.24, 2.45) is 0 Å². The molecule has 0 aromatic heterocycles. The highest BCUT2D eigenvalue weighted by molar-refractivity contribution is 5.77. The first-order chi connectivity index (χ1) is 9.74. The lowest BCUT2D eigenvalue weighted by molar-refractivity contribution is -0.131. The van der Waals surface area contributed by atoms with Gasteiger partial charge in [-0.2, -0.15) is 0 Å². The van der Waals surface area contributed by atoms with Gasteiger partial charge in [-0.3, -0.25) is 4.79 Å². The van der Waals surface area contributed by atoms with Crippen molar-refractivity contribution in [2.75, 3.05) is 44.2 Å². The Morgan fingerprint density at radius 3 is 2.85 bits per heavy atom. The monoisotopic (exact) mass is 277 g/mol. The average molecular weight is 277 g/mol. The van der Waals surface area contributed by atoms with Gasteiger partial charge in [-0.1, -0.05) is 6.07 Å². The number of fused-ring (bicyclic) bond motifs is 1. The van der Waals surface area contributed by atoms with Crippen LogP contribution in [0.2, 0.25) is 0 Å². The summed E-state index contributed by atoms with van der Waals surface area (Å²) in [5, 5.41) is 3.24. The van der Waals surface area contributed by atoms with Crippen LogP contribution in [0, 0.1) is 5.82 Å². The van der Waals surface area contributed by atoms with Crippen molar-refractivity contribution in [1.29, 1.82) is 0 Å². The largest absolute Gasteiger partial charge is 0.370 e. The number of anilines is 1. The lowest BCUT2D eigenvalue weighted by atomic mass is 10.2. The van der Waals surface area contributed by atoms with Gasteiger partial charge in [-0.05, 0) is 24.1 Å². The minimum absolute atomic E-state index is 0.205. The molecule has 1 fully saturated rings. The molecule has 0 aliphatic carbocycles. The summed E-state index contributed by atoms with van der Waals surface area (Å²) in [7, 11) is 0. The van der Waals surface area contributed by atoms with E-state index >= 15 is 0 Å². The van der Waals surface area contributed by atoms with E-state index in [2.05, 4.69) is 10.2 Å². The Bertz CT molecular complexity index is 500. The Morgan fingerprint density at radius 2 is 2.05 bits per heavy atom. The highest BCUT2D eigenvalue weighted by Gasteiger charge is 2.22. The molecule has 2 aliphatic rings. The topological polar surface area (TPSA) is 35.6 Å². The van der Waals surface area contributed by atoms with Gasteiger partial charge in [0.2, 0.25) is 5.91 Å². The predicted octanol–water partition coefficient (Wildman–Crippen LogP) is 1.01. The van der Waals surface area contributed by atoms with Crippen LogP contribution in [0.4, 0.5) is 10.1 Å². The molecule has 0 bridgehead atoms. The number of halogens is 1. The highest BCUT2D eigenvalue weighted by atomic mass is 19.1. The van der Waals surface area contributed by atoms with E-state index in [9.17, 15) is 9.18 Å². The molecule has 1 N–H and O–H groups in total. The van der Waals surface area contributed by atoms with Gasteiger partial charge >= 0.3 is 0 Å². The number of piperazine rings is 1. The minimum Gasteiger partial charge on any atom is -0.370 e. The predicted molar refractivity (Wildman–Crippen MR) is 76.4 cm³/mol. The summed E-state index contributed by atoms with van der Waals surface area (Å²) >= 11 is 0. The van der Waals surface area contributed by atoms with Crippen molar-refractivity contribution < 1.29 is 9.18 Å². The van der Waals surface area contributed by atoms with Crippen LogP contribution >= 0.6 is 0 Å². The quantitative estimate of drug-likeness (QED) is 0.895. The van der Waals surface area contributed by atoms with Crippen LogP contribution in [0.3, 0.4) is 0 Å². The summed E-state index contributed by atoms with van der Waals surface area (Å²) in [6.07, 6.45) is 1.45. The van der Waals surface area contributed by atoms with E-state index in [0.29, 0.717) is 13.0 Å². The maximum Gasteiger partial charge on any atom is 0.224 e. The van der Waals surface area contributed by atoms with Crippen molar-refractivity contribution in [3.8, 4) is 0 Å². The molecule has 1 aromatic carbocycles. The molecule has 0 unspecified atom stereocenters. The third-order valence-electron chi connectivity index (χ3n) is 4.10. The molecule has 2 aliphatic heterocycles. The summed E-state index contributed by atoms with van der Waals surface area (Å²) in [6, 6.07) is 4.94. The summed E-state index contributed by atoms with van der Waals surface area (Å²) in [6.45, 7) is 4.91. The van der Waals surface area contributed by atoms with Crippen LogP contribution in [0.25, 0.3) is 0 Å². The number of carbonyl (C=O) groups excluding carboxylic acids is 1. The molecule has 0 radical (unpaired) electrons. The molecule has 20 heavy (non-hydrogen) atoms. The maximum absolute atomic E-state index is 13.3. The smallest absolute Gasteiger partial charge is 0.224 e. The van der Waals surface area contributed by atoms with Gasteiger partial charge in [-0.25, -0.2) is 4.39 Å². The van der Waals surface area contributed by atoms with Crippen LogP contribution in [0.15, 0.2) is 18.2 Å². The van der Waals surface area contributed by atoms with Gasteiger partial charge in [-0.15, -0.1) is 0 Å². The standard InChI is InChI=1S/C15H20FN3O/c16-13-2-1-12-3-7-18(14(12)11-13)8-4-15(20)19-9-5-17-6-10-19/h1-2,11,17H,3-10H2. The zero-order chi connectivity index (χ0) is 13.9. The average Bonchev–Trinajstić information content (AvgIpc) is 2.88. The lowest BCUT2D eigenvalue weighted by Crippen LogP contribution is -2.47. The van der Waals surface area contributed by atoms with Crippen molar-refractivity contribution in [3.63, 3.8) is 0 Å². The molecule has 0 saturated carbocycles. The Hall–Kier alpha value is -1.62. The lowest BCUT2D eigenvalue weighted by Gasteiger charge is -2.28. The molecule has 5 heteroatoms. The first-order valence-corrected chi connectivity index (χ1v) is 7.26. The molecular formula is C15H20FN3O. The van der Waals surface area contributed by atoms with E-state index in [1.165, 1.54) is 11.6 Å². The van der Waals surface area contributed by atoms with Crippen LogP contribution in [0.5, 0.6) is 0 Å². The van der Waals surface area contributed by atoms with Crippen LogP contribution in [-0.4, -0.2) is 50.1 Å². The normalized spacial score (nSPS) is 18.2. The van der Waals surface area contributed by atoms with Gasteiger partial charge in [0.1, 0.15) is 5.82 Å². The van der Waals surface area contributed by atoms with E-state index in [0.717, 1.165) is 44.8 Å². The molecule has 1 aromatic rings. The molecule has 0 atom stereocenters. The number of hydrogen-bond acceptors (Lipinski definition) is 3. The SMILES string of the molecule is O=C(CCN1CCc2ccc(F)cc21)N1CCNCC1.